The van der Waals surface area contributed by atoms with E-state index in [1.807, 2.05) is 72.3 Å². The molecule has 11 heteroatoms. The van der Waals surface area contributed by atoms with Gasteiger partial charge in [-0.05, 0) is 36.8 Å². The van der Waals surface area contributed by atoms with Crippen LogP contribution >= 0.6 is 11.3 Å². The molecule has 2 heterocycles. The van der Waals surface area contributed by atoms with Gasteiger partial charge in [0.15, 0.2) is 0 Å². The van der Waals surface area contributed by atoms with Crippen molar-refractivity contribution in [2.75, 3.05) is 18.2 Å². The molecule has 0 fully saturated rings. The maximum absolute atomic E-state index is 12.7. The average Bonchev–Trinajstić information content (AvgIpc) is 3.43. The number of rotatable bonds is 8. The monoisotopic (exact) mass is 507 g/mol. The van der Waals surface area contributed by atoms with Gasteiger partial charge in [-0.2, -0.15) is 5.26 Å². The van der Waals surface area contributed by atoms with E-state index in [9.17, 15) is 18.5 Å². The van der Waals surface area contributed by atoms with Crippen molar-refractivity contribution in [3.8, 4) is 11.8 Å². The number of benzene rings is 2. The molecule has 9 nitrogen and oxygen atoms in total. The predicted octanol–water partition coefficient (Wildman–Crippen LogP) is 3.83. The van der Waals surface area contributed by atoms with Crippen molar-refractivity contribution in [3.63, 3.8) is 0 Å². The SMILES string of the molecule is Cc1cccc(OCCn2cc(C=C(C#N)C(=O)Nc3nnc(S(C)(=O)=O)s3)c3ccccc32)c1. The minimum atomic E-state index is -3.54. The van der Waals surface area contributed by atoms with Crippen LogP contribution in [0.25, 0.3) is 17.0 Å². The van der Waals surface area contributed by atoms with E-state index in [0.717, 1.165) is 39.8 Å². The lowest BCUT2D eigenvalue weighted by atomic mass is 10.1. The van der Waals surface area contributed by atoms with Crippen LogP contribution < -0.4 is 10.1 Å². The third-order valence-corrected chi connectivity index (χ3v) is 7.53. The molecule has 1 N–H and O–H groups in total. The van der Waals surface area contributed by atoms with Crippen molar-refractivity contribution in [3.05, 3.63) is 71.4 Å². The van der Waals surface area contributed by atoms with Crippen LogP contribution in [0.4, 0.5) is 5.13 Å². The lowest BCUT2D eigenvalue weighted by molar-refractivity contribution is -0.112. The molecule has 4 rings (SSSR count). The second kappa shape index (κ2) is 10.1. The number of hydrogen-bond donors (Lipinski definition) is 1. The van der Waals surface area contributed by atoms with Crippen LogP contribution in [0.15, 0.2) is 64.6 Å². The minimum Gasteiger partial charge on any atom is -0.492 e. The van der Waals surface area contributed by atoms with Gasteiger partial charge in [-0.3, -0.25) is 10.1 Å². The van der Waals surface area contributed by atoms with Crippen LogP contribution in [0.3, 0.4) is 0 Å². The van der Waals surface area contributed by atoms with Crippen LogP contribution in [0, 0.1) is 18.3 Å². The Balaban J connectivity index is 1.55. The van der Waals surface area contributed by atoms with E-state index in [-0.39, 0.29) is 15.0 Å². The van der Waals surface area contributed by atoms with Gasteiger partial charge in [0.1, 0.15) is 24.0 Å². The predicted molar refractivity (Wildman–Crippen MR) is 134 cm³/mol. The molecule has 0 radical (unpaired) electrons. The number of carbonyl (C=O) groups excluding carboxylic acids is 1. The zero-order valence-electron chi connectivity index (χ0n) is 18.9. The van der Waals surface area contributed by atoms with Crippen molar-refractivity contribution in [1.82, 2.24) is 14.8 Å². The van der Waals surface area contributed by atoms with Gasteiger partial charge >= 0.3 is 0 Å². The van der Waals surface area contributed by atoms with Gasteiger partial charge in [0, 0.05) is 28.9 Å². The van der Waals surface area contributed by atoms with E-state index in [1.54, 1.807) is 0 Å². The topological polar surface area (TPSA) is 127 Å². The first-order chi connectivity index (χ1) is 16.7. The maximum atomic E-state index is 12.7. The Hall–Kier alpha value is -4.01. The molecule has 0 spiro atoms. The highest BCUT2D eigenvalue weighted by molar-refractivity contribution is 7.92. The summed E-state index contributed by atoms with van der Waals surface area (Å²) in [7, 11) is -3.54. The summed E-state index contributed by atoms with van der Waals surface area (Å²) in [5, 5.41) is 20.1. The molecule has 2 aromatic carbocycles. The van der Waals surface area contributed by atoms with Crippen molar-refractivity contribution in [2.45, 2.75) is 17.8 Å². The summed E-state index contributed by atoms with van der Waals surface area (Å²) >= 11 is 0.720. The summed E-state index contributed by atoms with van der Waals surface area (Å²) in [6.07, 6.45) is 4.36. The molecule has 0 unspecified atom stereocenters. The zero-order chi connectivity index (χ0) is 25.0. The van der Waals surface area contributed by atoms with Gasteiger partial charge in [-0.1, -0.05) is 41.7 Å². The molecule has 1 amide bonds. The van der Waals surface area contributed by atoms with Crippen LogP contribution in [-0.4, -0.2) is 42.0 Å². The highest BCUT2D eigenvalue weighted by atomic mass is 32.2. The van der Waals surface area contributed by atoms with Gasteiger partial charge in [0.2, 0.25) is 19.3 Å². The number of carbonyl (C=O) groups is 1. The third kappa shape index (κ3) is 5.74. The van der Waals surface area contributed by atoms with Crippen molar-refractivity contribution in [2.24, 2.45) is 0 Å². The van der Waals surface area contributed by atoms with Gasteiger partial charge in [-0.25, -0.2) is 8.42 Å². The number of fused-ring (bicyclic) bond motifs is 1. The summed E-state index contributed by atoms with van der Waals surface area (Å²) in [6, 6.07) is 17.4. The highest BCUT2D eigenvalue weighted by Gasteiger charge is 2.18. The number of nitriles is 1. The molecule has 0 aliphatic rings. The Labute approximate surface area is 206 Å². The first-order valence-corrected chi connectivity index (χ1v) is 13.2. The van der Waals surface area contributed by atoms with Gasteiger partial charge in [0.25, 0.3) is 5.91 Å². The Bertz CT molecular complexity index is 1580. The summed E-state index contributed by atoms with van der Waals surface area (Å²) in [6.45, 7) is 3.01. The smallest absolute Gasteiger partial charge is 0.268 e. The van der Waals surface area contributed by atoms with E-state index in [0.29, 0.717) is 18.7 Å². The second-order valence-electron chi connectivity index (χ2n) is 7.73. The molecule has 0 saturated carbocycles. The number of aromatic nitrogens is 3. The molecular formula is C24H21N5O4S2. The molecule has 0 saturated heterocycles. The standard InChI is InChI=1S/C24H21N5O4S2/c1-16-6-5-7-19(12-16)33-11-10-29-15-18(20-8-3-4-9-21(20)29)13-17(14-25)22(30)26-23-27-28-24(34-23)35(2,31)32/h3-9,12-13,15H,10-11H2,1-2H3,(H,26,27,30). The average molecular weight is 508 g/mol. The number of para-hydroxylation sites is 1. The number of ether oxygens (including phenoxy) is 1. The van der Waals surface area contributed by atoms with Crippen LogP contribution in [0.2, 0.25) is 0 Å². The van der Waals surface area contributed by atoms with Crippen LogP contribution in [0.5, 0.6) is 5.75 Å². The fourth-order valence-corrected chi connectivity index (χ4v) is 4.92. The first kappa shape index (κ1) is 24.1. The Morgan fingerprint density at radius 1 is 1.23 bits per heavy atom. The summed E-state index contributed by atoms with van der Waals surface area (Å²) < 4.78 is 30.8. The van der Waals surface area contributed by atoms with Gasteiger partial charge in [-0.15, -0.1) is 10.2 Å². The van der Waals surface area contributed by atoms with Crippen LogP contribution in [0.1, 0.15) is 11.1 Å². The number of amides is 1. The van der Waals surface area contributed by atoms with Gasteiger partial charge in [0.05, 0.1) is 6.54 Å². The Morgan fingerprint density at radius 3 is 2.74 bits per heavy atom. The maximum Gasteiger partial charge on any atom is 0.268 e. The van der Waals surface area contributed by atoms with E-state index in [4.69, 9.17) is 4.74 Å². The molecule has 2 aromatic heterocycles. The summed E-state index contributed by atoms with van der Waals surface area (Å²) in [4.78, 5) is 12.7. The lowest BCUT2D eigenvalue weighted by Crippen LogP contribution is -2.13. The Morgan fingerprint density at radius 2 is 2.03 bits per heavy atom. The van der Waals surface area contributed by atoms with E-state index < -0.39 is 15.7 Å². The van der Waals surface area contributed by atoms with Crippen molar-refractivity contribution < 1.29 is 17.9 Å². The second-order valence-corrected chi connectivity index (χ2v) is 10.9. The quantitative estimate of drug-likeness (QED) is 0.218. The number of hydrogen-bond acceptors (Lipinski definition) is 8. The fourth-order valence-electron chi connectivity index (χ4n) is 3.42. The molecule has 0 aliphatic carbocycles. The van der Waals surface area contributed by atoms with E-state index in [1.165, 1.54) is 6.08 Å². The number of anilines is 1. The molecule has 4 aromatic rings. The lowest BCUT2D eigenvalue weighted by Gasteiger charge is -2.08. The van der Waals surface area contributed by atoms with Crippen molar-refractivity contribution >= 4 is 49.2 Å². The Kier molecular flexibility index (Phi) is 6.95. The number of nitrogens with one attached hydrogen (secondary N) is 1. The third-order valence-electron chi connectivity index (χ3n) is 5.02. The zero-order valence-corrected chi connectivity index (χ0v) is 20.6. The molecular weight excluding hydrogens is 486 g/mol. The molecule has 0 bridgehead atoms. The van der Waals surface area contributed by atoms with Gasteiger partial charge < -0.3 is 9.30 Å². The number of aryl methyl sites for hydroxylation is 1. The van der Waals surface area contributed by atoms with E-state index >= 15 is 0 Å². The fraction of sp³-hybridized carbons (Fsp3) is 0.167. The summed E-state index contributed by atoms with van der Waals surface area (Å²) in [5.74, 6) is 0.0871. The van der Waals surface area contributed by atoms with E-state index in [2.05, 4.69) is 15.5 Å². The summed E-state index contributed by atoms with van der Waals surface area (Å²) in [5.41, 5.74) is 2.59. The number of nitrogens with zero attached hydrogens (tertiary/aromatic N) is 4. The van der Waals surface area contributed by atoms with Crippen LogP contribution in [-0.2, 0) is 21.2 Å². The molecule has 35 heavy (non-hydrogen) atoms. The minimum absolute atomic E-state index is 0.00713. The molecule has 178 valence electrons. The normalized spacial score (nSPS) is 11.9. The molecule has 0 aliphatic heterocycles. The van der Waals surface area contributed by atoms with Crippen molar-refractivity contribution in [1.29, 1.82) is 5.26 Å². The molecule has 0 atom stereocenters. The number of sulfone groups is 1. The largest absolute Gasteiger partial charge is 0.492 e. The first-order valence-electron chi connectivity index (χ1n) is 10.5. The highest BCUT2D eigenvalue weighted by Crippen LogP contribution is 2.25.